The number of hydrogen-bond donors (Lipinski definition) is 3. The number of β-amino-alcohol motifs (C(OH)–C–C–N with tert-alkyl or cyclic N) is 1. The Kier molecular flexibility index (Phi) is 3.02. The molecule has 4 rings (SSSR count). The highest BCUT2D eigenvalue weighted by Gasteiger charge is 2.33. The molecule has 3 N–H and O–H groups in total. The Bertz CT molecular complexity index is 809. The van der Waals surface area contributed by atoms with E-state index in [1.807, 2.05) is 13.0 Å². The molecular formula is C15H18N6O2. The number of imidazole rings is 1. The molecule has 2 aromatic heterocycles. The van der Waals surface area contributed by atoms with Gasteiger partial charge in [0.2, 0.25) is 0 Å². The lowest BCUT2D eigenvalue weighted by atomic mass is 10.1. The van der Waals surface area contributed by atoms with Gasteiger partial charge in [0.25, 0.3) is 0 Å². The van der Waals surface area contributed by atoms with E-state index >= 15 is 0 Å². The molecule has 2 aliphatic heterocycles. The van der Waals surface area contributed by atoms with E-state index < -0.39 is 5.60 Å². The van der Waals surface area contributed by atoms with Gasteiger partial charge < -0.3 is 20.6 Å². The number of amides is 2. The largest absolute Gasteiger partial charge is 0.388 e. The monoisotopic (exact) mass is 314 g/mol. The van der Waals surface area contributed by atoms with E-state index in [9.17, 15) is 9.90 Å². The van der Waals surface area contributed by atoms with Crippen molar-refractivity contribution in [2.75, 3.05) is 24.5 Å². The molecule has 0 saturated carbocycles. The fourth-order valence-corrected chi connectivity index (χ4v) is 3.04. The predicted molar refractivity (Wildman–Crippen MR) is 85.0 cm³/mol. The van der Waals surface area contributed by atoms with Crippen LogP contribution in [0.1, 0.15) is 19.0 Å². The number of carbonyl (C=O) groups excluding carboxylic acids is 1. The highest BCUT2D eigenvalue weighted by atomic mass is 16.3. The number of aliphatic hydroxyl groups is 1. The average molecular weight is 314 g/mol. The summed E-state index contributed by atoms with van der Waals surface area (Å²) in [5.74, 6) is 0. The Morgan fingerprint density at radius 2 is 2.30 bits per heavy atom. The summed E-state index contributed by atoms with van der Waals surface area (Å²) in [4.78, 5) is 17.7. The number of nitrogens with zero attached hydrogens (tertiary/aromatic N) is 4. The van der Waals surface area contributed by atoms with E-state index in [-0.39, 0.29) is 6.03 Å². The summed E-state index contributed by atoms with van der Waals surface area (Å²) in [7, 11) is 0. The fraction of sp³-hybridized carbons (Fsp3) is 0.400. The van der Waals surface area contributed by atoms with E-state index in [2.05, 4.69) is 25.6 Å². The van der Waals surface area contributed by atoms with Crippen molar-refractivity contribution in [1.29, 1.82) is 0 Å². The van der Waals surface area contributed by atoms with Gasteiger partial charge in [-0.1, -0.05) is 0 Å². The summed E-state index contributed by atoms with van der Waals surface area (Å²) >= 11 is 0. The third-order valence-corrected chi connectivity index (χ3v) is 4.28. The summed E-state index contributed by atoms with van der Waals surface area (Å²) in [5.41, 5.74) is 2.68. The first-order valence-electron chi connectivity index (χ1n) is 7.57. The molecule has 0 bridgehead atoms. The van der Waals surface area contributed by atoms with Crippen LogP contribution in [0.15, 0.2) is 24.7 Å². The van der Waals surface area contributed by atoms with E-state index in [0.29, 0.717) is 13.1 Å². The number of rotatable bonds is 2. The van der Waals surface area contributed by atoms with Crippen LogP contribution in [0.4, 0.5) is 10.5 Å². The SMILES string of the molecule is CC1(O)CCN(c2cc(C3=CNC(=O)NC3)nn3ccnc23)C1. The van der Waals surface area contributed by atoms with Gasteiger partial charge in [-0.25, -0.2) is 14.3 Å². The molecule has 8 heteroatoms. The van der Waals surface area contributed by atoms with Crippen molar-refractivity contribution in [2.24, 2.45) is 0 Å². The minimum Gasteiger partial charge on any atom is -0.388 e. The molecule has 0 spiro atoms. The number of anilines is 1. The van der Waals surface area contributed by atoms with Crippen LogP contribution in [-0.4, -0.2) is 51.0 Å². The van der Waals surface area contributed by atoms with Gasteiger partial charge in [-0.15, -0.1) is 0 Å². The minimum atomic E-state index is -0.688. The first-order valence-corrected chi connectivity index (χ1v) is 7.57. The molecule has 4 heterocycles. The highest BCUT2D eigenvalue weighted by molar-refractivity contribution is 5.84. The molecule has 1 fully saturated rings. The summed E-state index contributed by atoms with van der Waals surface area (Å²) in [6.45, 7) is 3.61. The van der Waals surface area contributed by atoms with Crippen LogP contribution in [-0.2, 0) is 0 Å². The van der Waals surface area contributed by atoms with Crippen LogP contribution in [0.3, 0.4) is 0 Å². The number of urea groups is 1. The van der Waals surface area contributed by atoms with Crippen LogP contribution >= 0.6 is 0 Å². The Morgan fingerprint density at radius 3 is 3.00 bits per heavy atom. The third-order valence-electron chi connectivity index (χ3n) is 4.28. The van der Waals surface area contributed by atoms with Crippen LogP contribution in [0.25, 0.3) is 11.2 Å². The number of nitrogens with one attached hydrogen (secondary N) is 2. The normalized spacial score (nSPS) is 24.5. The topological polar surface area (TPSA) is 94.8 Å². The zero-order valence-corrected chi connectivity index (χ0v) is 12.8. The Balaban J connectivity index is 1.78. The highest BCUT2D eigenvalue weighted by Crippen LogP contribution is 2.30. The van der Waals surface area contributed by atoms with Crippen LogP contribution < -0.4 is 15.5 Å². The van der Waals surface area contributed by atoms with Crippen molar-refractivity contribution < 1.29 is 9.90 Å². The lowest BCUT2D eigenvalue weighted by molar-refractivity contribution is 0.0839. The van der Waals surface area contributed by atoms with Gasteiger partial charge in [-0.3, -0.25) is 0 Å². The molecule has 8 nitrogen and oxygen atoms in total. The quantitative estimate of drug-likeness (QED) is 0.743. The van der Waals surface area contributed by atoms with Crippen LogP contribution in [0, 0.1) is 0 Å². The van der Waals surface area contributed by atoms with Crippen molar-refractivity contribution in [3.05, 3.63) is 30.4 Å². The first kappa shape index (κ1) is 14.0. The second kappa shape index (κ2) is 4.95. The molecule has 120 valence electrons. The zero-order valence-electron chi connectivity index (χ0n) is 12.8. The molecule has 2 aliphatic rings. The van der Waals surface area contributed by atoms with Gasteiger partial charge in [-0.05, 0) is 19.4 Å². The van der Waals surface area contributed by atoms with E-state index in [0.717, 1.165) is 35.6 Å². The van der Waals surface area contributed by atoms with E-state index in [4.69, 9.17) is 0 Å². The smallest absolute Gasteiger partial charge is 0.319 e. The van der Waals surface area contributed by atoms with Crippen molar-refractivity contribution >= 4 is 22.9 Å². The third kappa shape index (κ3) is 2.50. The fourth-order valence-electron chi connectivity index (χ4n) is 3.04. The number of carbonyl (C=O) groups is 1. The van der Waals surface area contributed by atoms with Crippen molar-refractivity contribution in [3.8, 4) is 0 Å². The van der Waals surface area contributed by atoms with E-state index in [1.54, 1.807) is 23.1 Å². The van der Waals surface area contributed by atoms with Gasteiger partial charge in [0.15, 0.2) is 5.65 Å². The van der Waals surface area contributed by atoms with Gasteiger partial charge in [0, 0.05) is 43.8 Å². The van der Waals surface area contributed by atoms with Gasteiger partial charge in [0.1, 0.15) is 0 Å². The second-order valence-electron chi connectivity index (χ2n) is 6.28. The molecule has 1 unspecified atom stereocenters. The maximum absolute atomic E-state index is 11.2. The second-order valence-corrected chi connectivity index (χ2v) is 6.28. The summed E-state index contributed by atoms with van der Waals surface area (Å²) < 4.78 is 1.73. The number of fused-ring (bicyclic) bond motifs is 1. The molecule has 1 saturated heterocycles. The predicted octanol–water partition coefficient (Wildman–Crippen LogP) is 0.344. The Hall–Kier alpha value is -2.61. The average Bonchev–Trinajstić information content (AvgIpc) is 3.13. The van der Waals surface area contributed by atoms with Gasteiger partial charge in [0.05, 0.1) is 17.0 Å². The maximum Gasteiger partial charge on any atom is 0.319 e. The first-order chi connectivity index (χ1) is 11.0. The molecule has 2 amide bonds. The molecular weight excluding hydrogens is 296 g/mol. The van der Waals surface area contributed by atoms with Gasteiger partial charge in [-0.2, -0.15) is 5.10 Å². The molecule has 1 atom stereocenters. The Morgan fingerprint density at radius 1 is 1.43 bits per heavy atom. The van der Waals surface area contributed by atoms with Gasteiger partial charge >= 0.3 is 6.03 Å². The van der Waals surface area contributed by atoms with Crippen molar-refractivity contribution in [2.45, 2.75) is 18.9 Å². The summed E-state index contributed by atoms with van der Waals surface area (Å²) in [5, 5.41) is 20.2. The summed E-state index contributed by atoms with van der Waals surface area (Å²) in [6, 6.07) is 1.75. The van der Waals surface area contributed by atoms with E-state index in [1.165, 1.54) is 0 Å². The zero-order chi connectivity index (χ0) is 16.0. The van der Waals surface area contributed by atoms with Crippen molar-refractivity contribution in [1.82, 2.24) is 25.2 Å². The molecule has 0 aliphatic carbocycles. The lowest BCUT2D eigenvalue weighted by Crippen LogP contribution is -2.38. The Labute approximate surface area is 132 Å². The molecule has 0 radical (unpaired) electrons. The standard InChI is InChI=1S/C15H18N6O2/c1-15(23)2-4-20(9-15)12-6-11(10-7-17-14(22)18-8-10)19-21-5-3-16-13(12)21/h3,5-7,23H,2,4,8-9H2,1H3,(H2,17,18,22). The van der Waals surface area contributed by atoms with Crippen molar-refractivity contribution in [3.63, 3.8) is 0 Å². The lowest BCUT2D eigenvalue weighted by Gasteiger charge is -2.22. The molecule has 23 heavy (non-hydrogen) atoms. The molecule has 2 aromatic rings. The summed E-state index contributed by atoms with van der Waals surface area (Å²) in [6.07, 6.45) is 5.90. The number of hydrogen-bond acceptors (Lipinski definition) is 5. The maximum atomic E-state index is 11.2. The number of aromatic nitrogens is 3. The van der Waals surface area contributed by atoms with Crippen LogP contribution in [0.2, 0.25) is 0 Å². The molecule has 0 aromatic carbocycles. The van der Waals surface area contributed by atoms with Crippen LogP contribution in [0.5, 0.6) is 0 Å². The minimum absolute atomic E-state index is 0.215.